The molecule has 3 heterocycles. The van der Waals surface area contributed by atoms with E-state index in [-0.39, 0.29) is 11.8 Å². The van der Waals surface area contributed by atoms with Crippen molar-refractivity contribution in [2.75, 3.05) is 5.32 Å². The Morgan fingerprint density at radius 2 is 2.19 bits per heavy atom. The second kappa shape index (κ2) is 3.83. The lowest BCUT2D eigenvalue weighted by atomic mass is 9.88. The number of nitrogens with one attached hydrogen (secondary N) is 2. The highest BCUT2D eigenvalue weighted by atomic mass is 16.2. The summed E-state index contributed by atoms with van der Waals surface area (Å²) in [7, 11) is 0. The van der Waals surface area contributed by atoms with Gasteiger partial charge in [-0.1, -0.05) is 0 Å². The van der Waals surface area contributed by atoms with Crippen molar-refractivity contribution in [1.82, 2.24) is 15.3 Å². The van der Waals surface area contributed by atoms with Gasteiger partial charge in [-0.3, -0.25) is 10.1 Å². The van der Waals surface area contributed by atoms with Crippen molar-refractivity contribution in [3.63, 3.8) is 0 Å². The molecule has 0 radical (unpaired) electrons. The van der Waals surface area contributed by atoms with Crippen LogP contribution in [0.5, 0.6) is 0 Å². The van der Waals surface area contributed by atoms with Crippen LogP contribution in [-0.2, 0) is 4.79 Å². The van der Waals surface area contributed by atoms with Crippen LogP contribution in [0.25, 0.3) is 0 Å². The number of anilines is 1. The highest BCUT2D eigenvalue weighted by Gasteiger charge is 2.42. The number of hydrogen-bond acceptors (Lipinski definition) is 4. The van der Waals surface area contributed by atoms with Crippen LogP contribution in [-0.4, -0.2) is 28.0 Å². The fourth-order valence-electron chi connectivity index (χ4n) is 2.68. The summed E-state index contributed by atoms with van der Waals surface area (Å²) in [6, 6.07) is 2.63. The monoisotopic (exact) mass is 218 g/mol. The molecule has 2 bridgehead atoms. The summed E-state index contributed by atoms with van der Waals surface area (Å²) >= 11 is 0. The van der Waals surface area contributed by atoms with Gasteiger partial charge in [0.2, 0.25) is 11.9 Å². The van der Waals surface area contributed by atoms with Crippen molar-refractivity contribution in [2.24, 2.45) is 5.92 Å². The molecule has 0 saturated carbocycles. The van der Waals surface area contributed by atoms with Crippen LogP contribution in [0.4, 0.5) is 5.95 Å². The molecule has 2 aliphatic heterocycles. The van der Waals surface area contributed by atoms with Gasteiger partial charge in [-0.2, -0.15) is 0 Å². The first-order valence-corrected chi connectivity index (χ1v) is 5.67. The number of amides is 1. The lowest BCUT2D eigenvalue weighted by Gasteiger charge is -2.18. The topological polar surface area (TPSA) is 66.9 Å². The number of nitrogens with zero attached hydrogens (tertiary/aromatic N) is 2. The molecule has 2 fully saturated rings. The van der Waals surface area contributed by atoms with Gasteiger partial charge in [0.1, 0.15) is 0 Å². The highest BCUT2D eigenvalue weighted by molar-refractivity contribution is 5.91. The van der Waals surface area contributed by atoms with E-state index in [1.54, 1.807) is 18.5 Å². The fourth-order valence-corrected chi connectivity index (χ4v) is 2.68. The molecule has 0 aromatic carbocycles. The molecule has 3 atom stereocenters. The summed E-state index contributed by atoms with van der Waals surface area (Å²) in [4.78, 5) is 20.0. The lowest BCUT2D eigenvalue weighted by molar-refractivity contribution is -0.120. The van der Waals surface area contributed by atoms with Gasteiger partial charge in [0.25, 0.3) is 0 Å². The predicted molar refractivity (Wildman–Crippen MR) is 58.7 cm³/mol. The van der Waals surface area contributed by atoms with Crippen LogP contribution < -0.4 is 10.6 Å². The molecule has 1 aromatic rings. The number of hydrogen-bond donors (Lipinski definition) is 2. The maximum absolute atomic E-state index is 12.0. The minimum atomic E-state index is 0.0471. The zero-order chi connectivity index (χ0) is 11.0. The molecular formula is C11H14N4O. The van der Waals surface area contributed by atoms with Gasteiger partial charge in [0.05, 0.1) is 5.92 Å². The van der Waals surface area contributed by atoms with Crippen molar-refractivity contribution in [3.8, 4) is 0 Å². The zero-order valence-corrected chi connectivity index (χ0v) is 8.89. The molecule has 0 spiro atoms. The van der Waals surface area contributed by atoms with E-state index in [4.69, 9.17) is 0 Å². The van der Waals surface area contributed by atoms with Gasteiger partial charge in [0.15, 0.2) is 0 Å². The molecule has 0 aliphatic carbocycles. The van der Waals surface area contributed by atoms with E-state index in [9.17, 15) is 4.79 Å². The first kappa shape index (κ1) is 9.72. The second-order valence-corrected chi connectivity index (χ2v) is 4.45. The third kappa shape index (κ3) is 1.67. The first-order valence-electron chi connectivity index (χ1n) is 5.67. The summed E-state index contributed by atoms with van der Waals surface area (Å²) < 4.78 is 0. The van der Waals surface area contributed by atoms with Crippen LogP contribution in [0.1, 0.15) is 19.3 Å². The third-order valence-corrected chi connectivity index (χ3v) is 3.44. The van der Waals surface area contributed by atoms with Crippen LogP contribution >= 0.6 is 0 Å². The second-order valence-electron chi connectivity index (χ2n) is 4.45. The van der Waals surface area contributed by atoms with E-state index in [0.717, 1.165) is 12.8 Å². The van der Waals surface area contributed by atoms with Crippen molar-refractivity contribution < 1.29 is 4.79 Å². The molecule has 2 N–H and O–H groups in total. The summed E-state index contributed by atoms with van der Waals surface area (Å²) in [6.45, 7) is 0. The number of fused-ring (bicyclic) bond motifs is 2. The molecule has 5 heteroatoms. The summed E-state index contributed by atoms with van der Waals surface area (Å²) in [5.74, 6) is 0.531. The van der Waals surface area contributed by atoms with Crippen LogP contribution in [0.15, 0.2) is 18.5 Å². The Morgan fingerprint density at radius 3 is 2.81 bits per heavy atom. The Bertz CT molecular complexity index is 394. The Balaban J connectivity index is 1.66. The Labute approximate surface area is 93.7 Å². The van der Waals surface area contributed by atoms with E-state index in [0.29, 0.717) is 18.0 Å². The lowest BCUT2D eigenvalue weighted by Crippen LogP contribution is -2.33. The summed E-state index contributed by atoms with van der Waals surface area (Å²) in [5.41, 5.74) is 0. The van der Waals surface area contributed by atoms with Crippen molar-refractivity contribution in [1.29, 1.82) is 0 Å². The maximum Gasteiger partial charge on any atom is 0.231 e. The van der Waals surface area contributed by atoms with Crippen LogP contribution in [0.2, 0.25) is 0 Å². The minimum absolute atomic E-state index is 0.0471. The average Bonchev–Trinajstić information content (AvgIpc) is 2.92. The average molecular weight is 218 g/mol. The van der Waals surface area contributed by atoms with Gasteiger partial charge in [0, 0.05) is 24.5 Å². The standard InChI is InChI=1S/C11H14N4O/c16-10(15-11-12-4-1-5-13-11)8-6-7-2-3-9(8)14-7/h1,4-5,7-9,14H,2-3,6H2,(H,12,13,15,16). The van der Waals surface area contributed by atoms with Crippen LogP contribution in [0.3, 0.4) is 0 Å². The third-order valence-electron chi connectivity index (χ3n) is 3.44. The van der Waals surface area contributed by atoms with E-state index in [2.05, 4.69) is 20.6 Å². The molecule has 1 amide bonds. The number of rotatable bonds is 2. The summed E-state index contributed by atoms with van der Waals surface area (Å²) in [6.07, 6.45) is 6.52. The molecule has 5 nitrogen and oxygen atoms in total. The van der Waals surface area contributed by atoms with E-state index in [1.807, 2.05) is 0 Å². The minimum Gasteiger partial charge on any atom is -0.310 e. The van der Waals surface area contributed by atoms with Crippen molar-refractivity contribution >= 4 is 11.9 Å². The largest absolute Gasteiger partial charge is 0.310 e. The number of carbonyl (C=O) groups excluding carboxylic acids is 1. The van der Waals surface area contributed by atoms with Gasteiger partial charge in [-0.15, -0.1) is 0 Å². The Morgan fingerprint density at radius 1 is 1.38 bits per heavy atom. The number of carbonyl (C=O) groups is 1. The van der Waals surface area contributed by atoms with Crippen molar-refractivity contribution in [2.45, 2.75) is 31.3 Å². The molecule has 84 valence electrons. The maximum atomic E-state index is 12.0. The van der Waals surface area contributed by atoms with E-state index < -0.39 is 0 Å². The molecule has 3 unspecified atom stereocenters. The zero-order valence-electron chi connectivity index (χ0n) is 8.89. The van der Waals surface area contributed by atoms with Crippen molar-refractivity contribution in [3.05, 3.63) is 18.5 Å². The van der Waals surface area contributed by atoms with Gasteiger partial charge in [-0.25, -0.2) is 9.97 Å². The Hall–Kier alpha value is -1.49. The van der Waals surface area contributed by atoms with E-state index in [1.165, 1.54) is 6.42 Å². The molecule has 2 saturated heterocycles. The molecular weight excluding hydrogens is 204 g/mol. The van der Waals surface area contributed by atoms with E-state index >= 15 is 0 Å². The molecule has 16 heavy (non-hydrogen) atoms. The Kier molecular flexibility index (Phi) is 2.32. The number of aromatic nitrogens is 2. The molecule has 3 rings (SSSR count). The van der Waals surface area contributed by atoms with Gasteiger partial charge in [-0.05, 0) is 25.3 Å². The smallest absolute Gasteiger partial charge is 0.231 e. The quantitative estimate of drug-likeness (QED) is 0.761. The molecule has 1 aromatic heterocycles. The summed E-state index contributed by atoms with van der Waals surface area (Å²) in [5, 5.41) is 6.21. The fraction of sp³-hybridized carbons (Fsp3) is 0.545. The van der Waals surface area contributed by atoms with Crippen LogP contribution in [0, 0.1) is 5.92 Å². The highest BCUT2D eigenvalue weighted by Crippen LogP contribution is 2.33. The first-order chi connectivity index (χ1) is 7.83. The normalized spacial score (nSPS) is 31.6. The predicted octanol–water partition coefficient (Wildman–Crippen LogP) is 0.556. The SMILES string of the molecule is O=C(Nc1ncccn1)C1CC2CCC1N2. The molecule has 2 aliphatic rings. The van der Waals surface area contributed by atoms with Gasteiger partial charge < -0.3 is 5.32 Å². The van der Waals surface area contributed by atoms with Gasteiger partial charge >= 0.3 is 0 Å².